The molecule has 1 N–H and O–H groups in total. The molecule has 0 aliphatic carbocycles. The van der Waals surface area contributed by atoms with Gasteiger partial charge in [0.15, 0.2) is 0 Å². The molecule has 12 heavy (non-hydrogen) atoms. The Morgan fingerprint density at radius 1 is 1.42 bits per heavy atom. The largest absolute Gasteiger partial charge is 0.369 e. The average Bonchev–Trinajstić information content (AvgIpc) is 2.50. The molecule has 0 amide bonds. The fraction of sp³-hybridized carbons (Fsp3) is 0.222. The third-order valence-electron chi connectivity index (χ3n) is 1.72. The first-order valence-corrected chi connectivity index (χ1v) is 4.77. The number of nitrogens with one attached hydrogen (secondary N) is 1. The van der Waals surface area contributed by atoms with E-state index in [4.69, 9.17) is 0 Å². The summed E-state index contributed by atoms with van der Waals surface area (Å²) in [5.74, 6) is 1.01. The molecule has 0 fully saturated rings. The van der Waals surface area contributed by atoms with Crippen molar-refractivity contribution < 1.29 is 0 Å². The van der Waals surface area contributed by atoms with Crippen LogP contribution in [0.15, 0.2) is 24.3 Å². The molecule has 1 aromatic carbocycles. The number of anilines is 1. The SMILES string of the molecule is CCNc1nsc2ccccc12. The van der Waals surface area contributed by atoms with Gasteiger partial charge in [0, 0.05) is 11.9 Å². The van der Waals surface area contributed by atoms with Crippen molar-refractivity contribution in [3.63, 3.8) is 0 Å². The molecule has 1 aromatic heterocycles. The lowest BCUT2D eigenvalue weighted by Gasteiger charge is -1.96. The Morgan fingerprint density at radius 2 is 2.25 bits per heavy atom. The summed E-state index contributed by atoms with van der Waals surface area (Å²) >= 11 is 1.54. The zero-order valence-corrected chi connectivity index (χ0v) is 7.69. The van der Waals surface area contributed by atoms with Gasteiger partial charge in [0.2, 0.25) is 0 Å². The van der Waals surface area contributed by atoms with Gasteiger partial charge in [-0.05, 0) is 30.6 Å². The number of fused-ring (bicyclic) bond motifs is 1. The molecule has 2 rings (SSSR count). The monoisotopic (exact) mass is 178 g/mol. The standard InChI is InChI=1S/C9H10N2S/c1-2-10-9-7-5-3-4-6-8(7)12-11-9/h3-6H,2H2,1H3,(H,10,11). The average molecular weight is 178 g/mol. The summed E-state index contributed by atoms with van der Waals surface area (Å²) in [6, 6.07) is 8.26. The van der Waals surface area contributed by atoms with Gasteiger partial charge in [-0.25, -0.2) is 0 Å². The first-order valence-electron chi connectivity index (χ1n) is 4.00. The summed E-state index contributed by atoms with van der Waals surface area (Å²) < 4.78 is 5.56. The summed E-state index contributed by atoms with van der Waals surface area (Å²) in [4.78, 5) is 0. The number of benzene rings is 1. The van der Waals surface area contributed by atoms with Crippen LogP contribution in [0.2, 0.25) is 0 Å². The van der Waals surface area contributed by atoms with Crippen molar-refractivity contribution in [3.8, 4) is 0 Å². The molecule has 2 aromatic rings. The Morgan fingerprint density at radius 3 is 3.08 bits per heavy atom. The molecule has 0 aliphatic heterocycles. The molecule has 62 valence electrons. The zero-order chi connectivity index (χ0) is 8.39. The van der Waals surface area contributed by atoms with Crippen LogP contribution in [-0.2, 0) is 0 Å². The maximum absolute atomic E-state index is 4.32. The van der Waals surface area contributed by atoms with Crippen molar-refractivity contribution in [1.82, 2.24) is 4.37 Å². The van der Waals surface area contributed by atoms with E-state index in [-0.39, 0.29) is 0 Å². The fourth-order valence-electron chi connectivity index (χ4n) is 1.18. The Labute approximate surface area is 75.4 Å². The Hall–Kier alpha value is -1.09. The molecule has 0 atom stereocenters. The Bertz CT molecular complexity index is 381. The molecule has 1 heterocycles. The van der Waals surface area contributed by atoms with Gasteiger partial charge in [0.05, 0.1) is 4.70 Å². The van der Waals surface area contributed by atoms with Crippen LogP contribution in [-0.4, -0.2) is 10.9 Å². The van der Waals surface area contributed by atoms with Gasteiger partial charge in [-0.1, -0.05) is 12.1 Å². The summed E-state index contributed by atoms with van der Waals surface area (Å²) in [5, 5.41) is 4.46. The van der Waals surface area contributed by atoms with E-state index < -0.39 is 0 Å². The van der Waals surface area contributed by atoms with Crippen molar-refractivity contribution in [2.45, 2.75) is 6.92 Å². The molecule has 3 heteroatoms. The number of nitrogens with zero attached hydrogens (tertiary/aromatic N) is 1. The lowest BCUT2D eigenvalue weighted by Crippen LogP contribution is -1.95. The van der Waals surface area contributed by atoms with Crippen LogP contribution in [0.1, 0.15) is 6.92 Å². The van der Waals surface area contributed by atoms with Gasteiger partial charge in [-0.3, -0.25) is 0 Å². The lowest BCUT2D eigenvalue weighted by molar-refractivity contribution is 1.20. The molecule has 0 radical (unpaired) electrons. The third-order valence-corrected chi connectivity index (χ3v) is 2.55. The van der Waals surface area contributed by atoms with Crippen molar-refractivity contribution in [2.24, 2.45) is 0 Å². The van der Waals surface area contributed by atoms with Crippen LogP contribution in [0.25, 0.3) is 10.1 Å². The molecule has 0 saturated heterocycles. The summed E-state index contributed by atoms with van der Waals surface area (Å²) in [6.45, 7) is 3.00. The predicted molar refractivity (Wildman–Crippen MR) is 53.8 cm³/mol. The van der Waals surface area contributed by atoms with Crippen LogP contribution in [0.4, 0.5) is 5.82 Å². The maximum atomic E-state index is 4.32. The quantitative estimate of drug-likeness (QED) is 0.764. The first kappa shape index (κ1) is 7.55. The van der Waals surface area contributed by atoms with Crippen LogP contribution in [0.3, 0.4) is 0 Å². The van der Waals surface area contributed by atoms with Crippen molar-refractivity contribution in [3.05, 3.63) is 24.3 Å². The molecule has 0 spiro atoms. The minimum atomic E-state index is 0.924. The van der Waals surface area contributed by atoms with Gasteiger partial charge in [-0.15, -0.1) is 0 Å². The van der Waals surface area contributed by atoms with Gasteiger partial charge < -0.3 is 5.32 Å². The lowest BCUT2D eigenvalue weighted by atomic mass is 10.3. The molecule has 2 nitrogen and oxygen atoms in total. The zero-order valence-electron chi connectivity index (χ0n) is 6.87. The minimum Gasteiger partial charge on any atom is -0.369 e. The van der Waals surface area contributed by atoms with Crippen LogP contribution < -0.4 is 5.32 Å². The first-order chi connectivity index (χ1) is 5.92. The number of hydrogen-bond donors (Lipinski definition) is 1. The van der Waals surface area contributed by atoms with Gasteiger partial charge in [0.1, 0.15) is 5.82 Å². The van der Waals surface area contributed by atoms with Gasteiger partial charge in [0.25, 0.3) is 0 Å². The summed E-state index contributed by atoms with van der Waals surface area (Å²) in [6.07, 6.45) is 0. The van der Waals surface area contributed by atoms with E-state index in [0.29, 0.717) is 0 Å². The van der Waals surface area contributed by atoms with E-state index in [1.165, 1.54) is 10.1 Å². The molecule has 0 bridgehead atoms. The third kappa shape index (κ3) is 1.16. The van der Waals surface area contributed by atoms with Crippen LogP contribution in [0.5, 0.6) is 0 Å². The predicted octanol–water partition coefficient (Wildman–Crippen LogP) is 2.73. The molecule has 0 unspecified atom stereocenters. The summed E-state index contributed by atoms with van der Waals surface area (Å²) in [7, 11) is 0. The van der Waals surface area contributed by atoms with E-state index >= 15 is 0 Å². The summed E-state index contributed by atoms with van der Waals surface area (Å²) in [5.41, 5.74) is 0. The van der Waals surface area contributed by atoms with Crippen molar-refractivity contribution >= 4 is 27.4 Å². The maximum Gasteiger partial charge on any atom is 0.147 e. The molecular weight excluding hydrogens is 168 g/mol. The highest BCUT2D eigenvalue weighted by atomic mass is 32.1. The topological polar surface area (TPSA) is 24.9 Å². The second kappa shape index (κ2) is 3.11. The number of aromatic nitrogens is 1. The number of rotatable bonds is 2. The fourth-order valence-corrected chi connectivity index (χ4v) is 1.94. The van der Waals surface area contributed by atoms with E-state index in [1.807, 2.05) is 12.1 Å². The second-order valence-electron chi connectivity index (χ2n) is 2.56. The highest BCUT2D eigenvalue weighted by Gasteiger charge is 2.01. The molecule has 0 saturated carbocycles. The van der Waals surface area contributed by atoms with Crippen molar-refractivity contribution in [2.75, 3.05) is 11.9 Å². The normalized spacial score (nSPS) is 10.4. The van der Waals surface area contributed by atoms with Gasteiger partial charge >= 0.3 is 0 Å². The van der Waals surface area contributed by atoms with E-state index in [1.54, 1.807) is 11.5 Å². The van der Waals surface area contributed by atoms with E-state index in [9.17, 15) is 0 Å². The van der Waals surface area contributed by atoms with E-state index in [2.05, 4.69) is 28.7 Å². The highest BCUT2D eigenvalue weighted by Crippen LogP contribution is 2.25. The Balaban J connectivity index is 2.55. The van der Waals surface area contributed by atoms with Crippen molar-refractivity contribution in [1.29, 1.82) is 0 Å². The second-order valence-corrected chi connectivity index (χ2v) is 3.36. The van der Waals surface area contributed by atoms with Crippen LogP contribution >= 0.6 is 11.5 Å². The minimum absolute atomic E-state index is 0.924. The Kier molecular flexibility index (Phi) is 1.96. The molecular formula is C9H10N2S. The van der Waals surface area contributed by atoms with Crippen LogP contribution in [0, 0.1) is 0 Å². The number of hydrogen-bond acceptors (Lipinski definition) is 3. The highest BCUT2D eigenvalue weighted by molar-refractivity contribution is 7.13. The van der Waals surface area contributed by atoms with E-state index in [0.717, 1.165) is 12.4 Å². The molecule has 0 aliphatic rings. The van der Waals surface area contributed by atoms with Gasteiger partial charge in [-0.2, -0.15) is 4.37 Å². The smallest absolute Gasteiger partial charge is 0.147 e.